The van der Waals surface area contributed by atoms with E-state index in [-0.39, 0.29) is 16.9 Å². The van der Waals surface area contributed by atoms with E-state index < -0.39 is 29.0 Å². The summed E-state index contributed by atoms with van der Waals surface area (Å²) in [4.78, 5) is 37.0. The Labute approximate surface area is 180 Å². The zero-order valence-corrected chi connectivity index (χ0v) is 16.9. The van der Waals surface area contributed by atoms with Gasteiger partial charge in [-0.3, -0.25) is 19.7 Å². The number of nitrogens with two attached hydrogens (primary N) is 1. The molecule has 8 nitrogen and oxygen atoms in total. The minimum Gasteiger partial charge on any atom is -0.385 e. The number of nitrogen functional groups attached to an aromatic ring is 1. The highest BCUT2D eigenvalue weighted by Crippen LogP contribution is 2.35. The third kappa shape index (κ3) is 4.37. The van der Waals surface area contributed by atoms with Gasteiger partial charge < -0.3 is 10.6 Å². The number of benzene rings is 1. The molecular formula is C21H21F3N6O2. The molecule has 11 heteroatoms. The van der Waals surface area contributed by atoms with Gasteiger partial charge in [0.05, 0.1) is 17.2 Å². The molecule has 0 spiro atoms. The summed E-state index contributed by atoms with van der Waals surface area (Å²) in [6, 6.07) is 9.50. The second kappa shape index (κ2) is 8.50. The summed E-state index contributed by atoms with van der Waals surface area (Å²) >= 11 is 0. The molecule has 1 aromatic carbocycles. The Hall–Kier alpha value is -3.60. The minimum absolute atomic E-state index is 0.00945. The first-order valence-electron chi connectivity index (χ1n) is 9.93. The normalized spacial score (nSPS) is 16.2. The number of aromatic amines is 2. The van der Waals surface area contributed by atoms with Gasteiger partial charge in [0, 0.05) is 32.4 Å². The number of piperazine rings is 1. The fourth-order valence-corrected chi connectivity index (χ4v) is 3.98. The van der Waals surface area contributed by atoms with Gasteiger partial charge in [0.1, 0.15) is 11.6 Å². The molecule has 1 fully saturated rings. The number of hydrogen-bond donors (Lipinski definition) is 3. The van der Waals surface area contributed by atoms with E-state index >= 15 is 0 Å². The Morgan fingerprint density at radius 3 is 2.38 bits per heavy atom. The average molecular weight is 446 g/mol. The van der Waals surface area contributed by atoms with Crippen molar-refractivity contribution in [3.05, 3.63) is 86.2 Å². The second-order valence-electron chi connectivity index (χ2n) is 7.47. The van der Waals surface area contributed by atoms with E-state index in [1.807, 2.05) is 23.1 Å². The van der Waals surface area contributed by atoms with Crippen molar-refractivity contribution in [2.24, 2.45) is 0 Å². The van der Waals surface area contributed by atoms with Gasteiger partial charge >= 0.3 is 11.9 Å². The lowest BCUT2D eigenvalue weighted by Crippen LogP contribution is -2.49. The monoisotopic (exact) mass is 446 g/mol. The van der Waals surface area contributed by atoms with Crippen molar-refractivity contribution in [3.8, 4) is 0 Å². The van der Waals surface area contributed by atoms with Crippen molar-refractivity contribution in [3.63, 3.8) is 0 Å². The van der Waals surface area contributed by atoms with Gasteiger partial charge in [-0.25, -0.2) is 9.78 Å². The highest BCUT2D eigenvalue weighted by Gasteiger charge is 2.34. The largest absolute Gasteiger partial charge is 0.416 e. The molecule has 1 aliphatic heterocycles. The quantitative estimate of drug-likeness (QED) is 0.565. The lowest BCUT2D eigenvalue weighted by atomic mass is 9.95. The van der Waals surface area contributed by atoms with E-state index in [9.17, 15) is 22.8 Å². The van der Waals surface area contributed by atoms with Crippen LogP contribution in [0.2, 0.25) is 0 Å². The van der Waals surface area contributed by atoms with Gasteiger partial charge in [0.25, 0.3) is 5.56 Å². The highest BCUT2D eigenvalue weighted by atomic mass is 19.4. The van der Waals surface area contributed by atoms with E-state index in [0.717, 1.165) is 18.0 Å². The molecule has 4 N–H and O–H groups in total. The number of hydrogen-bond acceptors (Lipinski definition) is 6. The minimum atomic E-state index is -4.54. The maximum atomic E-state index is 13.4. The van der Waals surface area contributed by atoms with Gasteiger partial charge in [-0.15, -0.1) is 0 Å². The molecular weight excluding hydrogens is 425 g/mol. The van der Waals surface area contributed by atoms with Gasteiger partial charge in [-0.05, 0) is 29.8 Å². The van der Waals surface area contributed by atoms with Crippen LogP contribution in [-0.2, 0) is 6.18 Å². The Bertz CT molecular complexity index is 1200. The van der Waals surface area contributed by atoms with Crippen molar-refractivity contribution in [1.29, 1.82) is 0 Å². The number of aromatic nitrogens is 3. The summed E-state index contributed by atoms with van der Waals surface area (Å²) in [6.07, 6.45) is -2.85. The first-order chi connectivity index (χ1) is 15.2. The number of halogens is 3. The first-order valence-corrected chi connectivity index (χ1v) is 9.93. The Balaban J connectivity index is 1.73. The van der Waals surface area contributed by atoms with E-state index in [1.54, 1.807) is 6.20 Å². The highest BCUT2D eigenvalue weighted by molar-refractivity contribution is 5.46. The van der Waals surface area contributed by atoms with Crippen LogP contribution in [0.5, 0.6) is 0 Å². The zero-order chi connectivity index (χ0) is 22.9. The fraction of sp³-hybridized carbons (Fsp3) is 0.286. The molecule has 0 bridgehead atoms. The third-order valence-corrected chi connectivity index (χ3v) is 5.47. The topological polar surface area (TPSA) is 111 Å². The van der Waals surface area contributed by atoms with Crippen LogP contribution in [0.3, 0.4) is 0 Å². The maximum Gasteiger partial charge on any atom is 0.416 e. The molecule has 1 atom stereocenters. The summed E-state index contributed by atoms with van der Waals surface area (Å²) in [6.45, 7) is 1.98. The predicted octanol–water partition coefficient (Wildman–Crippen LogP) is 1.97. The van der Waals surface area contributed by atoms with Crippen molar-refractivity contribution >= 4 is 11.6 Å². The summed E-state index contributed by atoms with van der Waals surface area (Å²) < 4.78 is 40.1. The van der Waals surface area contributed by atoms with Crippen LogP contribution in [0.15, 0.2) is 58.3 Å². The summed E-state index contributed by atoms with van der Waals surface area (Å²) in [7, 11) is 0. The van der Waals surface area contributed by atoms with Gasteiger partial charge in [0.2, 0.25) is 0 Å². The van der Waals surface area contributed by atoms with Gasteiger partial charge in [-0.1, -0.05) is 18.2 Å². The van der Waals surface area contributed by atoms with Gasteiger partial charge in [0.15, 0.2) is 0 Å². The van der Waals surface area contributed by atoms with Crippen LogP contribution in [0, 0.1) is 0 Å². The molecule has 1 aliphatic rings. The van der Waals surface area contributed by atoms with Crippen molar-refractivity contribution in [1.82, 2.24) is 19.9 Å². The molecule has 168 valence electrons. The number of anilines is 2. The summed E-state index contributed by atoms with van der Waals surface area (Å²) in [5.74, 6) is 0.623. The van der Waals surface area contributed by atoms with E-state index in [1.165, 1.54) is 12.1 Å². The van der Waals surface area contributed by atoms with E-state index in [2.05, 4.69) is 19.9 Å². The zero-order valence-electron chi connectivity index (χ0n) is 16.9. The number of alkyl halides is 3. The smallest absolute Gasteiger partial charge is 0.385 e. The molecule has 4 rings (SSSR count). The molecule has 1 saturated heterocycles. The summed E-state index contributed by atoms with van der Waals surface area (Å²) in [5, 5.41) is 0. The maximum absolute atomic E-state index is 13.4. The van der Waals surface area contributed by atoms with Crippen molar-refractivity contribution < 1.29 is 13.2 Å². The van der Waals surface area contributed by atoms with Crippen molar-refractivity contribution in [2.45, 2.75) is 12.2 Å². The summed E-state index contributed by atoms with van der Waals surface area (Å²) in [5.41, 5.74) is 3.89. The van der Waals surface area contributed by atoms with Crippen LogP contribution in [-0.4, -0.2) is 46.0 Å². The number of nitrogens with zero attached hydrogens (tertiary/aromatic N) is 3. The third-order valence-electron chi connectivity index (χ3n) is 5.47. The van der Waals surface area contributed by atoms with E-state index in [4.69, 9.17) is 5.73 Å². The van der Waals surface area contributed by atoms with Crippen LogP contribution >= 0.6 is 0 Å². The lowest BCUT2D eigenvalue weighted by molar-refractivity contribution is -0.137. The lowest BCUT2D eigenvalue weighted by Gasteiger charge is -2.40. The number of H-pyrrole nitrogens is 2. The molecule has 3 aromatic rings. The molecule has 2 aromatic heterocycles. The Morgan fingerprint density at radius 2 is 1.75 bits per heavy atom. The Morgan fingerprint density at radius 1 is 1.00 bits per heavy atom. The molecule has 0 radical (unpaired) electrons. The van der Waals surface area contributed by atoms with Crippen LogP contribution < -0.4 is 21.9 Å². The van der Waals surface area contributed by atoms with Crippen LogP contribution in [0.4, 0.5) is 24.8 Å². The van der Waals surface area contributed by atoms with Gasteiger partial charge in [-0.2, -0.15) is 13.2 Å². The molecule has 0 saturated carbocycles. The molecule has 3 heterocycles. The fourth-order valence-electron chi connectivity index (χ4n) is 3.98. The average Bonchev–Trinajstić information content (AvgIpc) is 2.76. The second-order valence-corrected chi connectivity index (χ2v) is 7.47. The first kappa shape index (κ1) is 21.6. The molecule has 32 heavy (non-hydrogen) atoms. The van der Waals surface area contributed by atoms with Crippen LogP contribution in [0.1, 0.15) is 22.7 Å². The number of nitrogens with one attached hydrogen (secondary N) is 2. The molecule has 0 unspecified atom stereocenters. The number of pyridine rings is 1. The SMILES string of the molecule is Nc1[nH]c(=O)[nH]c(=O)c1[C@@H](c1cccc(C(F)(F)F)c1)N1CCN(c2ccccn2)CC1. The predicted molar refractivity (Wildman–Crippen MR) is 113 cm³/mol. The standard InChI is InChI=1S/C21H21F3N6O2/c22-21(23,24)14-5-3-4-13(12-14)17(16-18(25)27-20(32)28-19(16)31)30-10-8-29(9-11-30)15-6-1-2-7-26-15/h1-7,12,17H,8-11H2,(H4,25,27,28,31,32)/t17-/m1/s1. The Kier molecular flexibility index (Phi) is 5.74. The van der Waals surface area contributed by atoms with Crippen LogP contribution in [0.25, 0.3) is 0 Å². The molecule has 0 amide bonds. The van der Waals surface area contributed by atoms with E-state index in [0.29, 0.717) is 26.2 Å². The molecule has 0 aliphatic carbocycles. The number of rotatable bonds is 4. The van der Waals surface area contributed by atoms with Crippen molar-refractivity contribution in [2.75, 3.05) is 36.8 Å².